The molecule has 1 saturated carbocycles. The number of sulfone groups is 1. The minimum Gasteiger partial charge on any atom is -0.353 e. The molecule has 0 atom stereocenters. The predicted molar refractivity (Wildman–Crippen MR) is 85.2 cm³/mol. The van der Waals surface area contributed by atoms with Crippen molar-refractivity contribution in [2.75, 3.05) is 17.7 Å². The van der Waals surface area contributed by atoms with Crippen LogP contribution in [0.2, 0.25) is 0 Å². The summed E-state index contributed by atoms with van der Waals surface area (Å²) < 4.78 is 24.0. The van der Waals surface area contributed by atoms with Gasteiger partial charge in [-0.1, -0.05) is 6.92 Å². The van der Waals surface area contributed by atoms with Crippen LogP contribution in [0.15, 0.2) is 23.2 Å². The lowest BCUT2D eigenvalue weighted by Gasteiger charge is -2.37. The highest BCUT2D eigenvalue weighted by molar-refractivity contribution is 7.90. The Bertz CT molecular complexity index is 566. The molecule has 1 fully saturated rings. The molecule has 1 aliphatic rings. The zero-order chi connectivity index (χ0) is 15.5. The molecule has 0 bridgehead atoms. The summed E-state index contributed by atoms with van der Waals surface area (Å²) in [5.74, 6) is 0.599. The number of hydrogen-bond acceptors (Lipinski definition) is 5. The number of aromatic nitrogens is 1. The molecule has 0 unspecified atom stereocenters. The standard InChI is InChI=1S/C15H25N3O2S/c1-3-11-18(13-8-6-12(16)7-9-13)15-14(21(2,19)20)5-4-10-17-15/h4-5,10,12-13H,3,6-9,11,16H2,1-2H3. The zero-order valence-corrected chi connectivity index (χ0v) is 13.6. The Hall–Kier alpha value is -1.14. The summed E-state index contributed by atoms with van der Waals surface area (Å²) >= 11 is 0. The molecular formula is C15H25N3O2S. The fourth-order valence-corrected chi connectivity index (χ4v) is 3.83. The first kappa shape index (κ1) is 16.2. The molecule has 0 saturated heterocycles. The van der Waals surface area contributed by atoms with Crippen molar-refractivity contribution in [1.82, 2.24) is 4.98 Å². The van der Waals surface area contributed by atoms with Gasteiger partial charge in [-0.25, -0.2) is 13.4 Å². The number of pyridine rings is 1. The summed E-state index contributed by atoms with van der Waals surface area (Å²) in [6, 6.07) is 3.94. The van der Waals surface area contributed by atoms with E-state index < -0.39 is 9.84 Å². The van der Waals surface area contributed by atoms with Gasteiger partial charge in [-0.15, -0.1) is 0 Å². The highest BCUT2D eigenvalue weighted by Crippen LogP contribution is 2.30. The van der Waals surface area contributed by atoms with Gasteiger partial charge in [0.05, 0.1) is 0 Å². The number of anilines is 1. The SMILES string of the molecule is CCCN(c1ncccc1S(C)(=O)=O)C1CCC(N)CC1. The van der Waals surface area contributed by atoms with Crippen LogP contribution in [-0.2, 0) is 9.84 Å². The van der Waals surface area contributed by atoms with Gasteiger partial charge in [-0.2, -0.15) is 0 Å². The molecule has 118 valence electrons. The maximum Gasteiger partial charge on any atom is 0.179 e. The second-order valence-corrected chi connectivity index (χ2v) is 7.84. The molecular weight excluding hydrogens is 286 g/mol. The lowest BCUT2D eigenvalue weighted by Crippen LogP contribution is -2.42. The van der Waals surface area contributed by atoms with Crippen LogP contribution in [0.5, 0.6) is 0 Å². The van der Waals surface area contributed by atoms with E-state index in [-0.39, 0.29) is 6.04 Å². The third-order valence-electron chi connectivity index (χ3n) is 4.07. The zero-order valence-electron chi connectivity index (χ0n) is 12.8. The monoisotopic (exact) mass is 311 g/mol. The predicted octanol–water partition coefficient (Wildman–Crippen LogP) is 1.97. The third-order valence-corrected chi connectivity index (χ3v) is 5.19. The van der Waals surface area contributed by atoms with Crippen LogP contribution < -0.4 is 10.6 Å². The number of nitrogens with zero attached hydrogens (tertiary/aromatic N) is 2. The molecule has 0 amide bonds. The second-order valence-electron chi connectivity index (χ2n) is 5.86. The summed E-state index contributed by atoms with van der Waals surface area (Å²) in [4.78, 5) is 6.87. The Morgan fingerprint density at radius 3 is 2.57 bits per heavy atom. The molecule has 6 heteroatoms. The smallest absolute Gasteiger partial charge is 0.179 e. The second kappa shape index (κ2) is 6.75. The van der Waals surface area contributed by atoms with E-state index in [4.69, 9.17) is 5.73 Å². The van der Waals surface area contributed by atoms with Crippen LogP contribution in [0.4, 0.5) is 5.82 Å². The van der Waals surface area contributed by atoms with Gasteiger partial charge < -0.3 is 10.6 Å². The molecule has 2 N–H and O–H groups in total. The van der Waals surface area contributed by atoms with Gasteiger partial charge in [0.1, 0.15) is 10.7 Å². The van der Waals surface area contributed by atoms with E-state index in [2.05, 4.69) is 16.8 Å². The van der Waals surface area contributed by atoms with Crippen molar-refractivity contribution < 1.29 is 8.42 Å². The van der Waals surface area contributed by atoms with Gasteiger partial charge >= 0.3 is 0 Å². The molecule has 5 nitrogen and oxygen atoms in total. The average Bonchev–Trinajstić information content (AvgIpc) is 2.45. The van der Waals surface area contributed by atoms with Crippen LogP contribution in [-0.4, -0.2) is 38.3 Å². The topological polar surface area (TPSA) is 76.3 Å². The summed E-state index contributed by atoms with van der Waals surface area (Å²) in [6.07, 6.45) is 7.86. The number of rotatable bonds is 5. The first-order chi connectivity index (χ1) is 9.93. The first-order valence-corrected chi connectivity index (χ1v) is 9.50. The molecule has 0 aromatic carbocycles. The van der Waals surface area contributed by atoms with Crippen molar-refractivity contribution in [3.63, 3.8) is 0 Å². The van der Waals surface area contributed by atoms with Crippen molar-refractivity contribution in [2.24, 2.45) is 5.73 Å². The van der Waals surface area contributed by atoms with Crippen LogP contribution in [0.3, 0.4) is 0 Å². The van der Waals surface area contributed by atoms with Gasteiger partial charge in [0, 0.05) is 31.1 Å². The van der Waals surface area contributed by atoms with Crippen molar-refractivity contribution >= 4 is 15.7 Å². The molecule has 1 aromatic rings. The van der Waals surface area contributed by atoms with E-state index in [9.17, 15) is 8.42 Å². The van der Waals surface area contributed by atoms with Gasteiger partial charge in [0.2, 0.25) is 0 Å². The van der Waals surface area contributed by atoms with Gasteiger partial charge in [-0.3, -0.25) is 0 Å². The summed E-state index contributed by atoms with van der Waals surface area (Å²) in [5, 5.41) is 0. The lowest BCUT2D eigenvalue weighted by atomic mass is 9.90. The van der Waals surface area contributed by atoms with Crippen molar-refractivity contribution in [1.29, 1.82) is 0 Å². The van der Waals surface area contributed by atoms with Crippen molar-refractivity contribution in [3.8, 4) is 0 Å². The Morgan fingerprint density at radius 1 is 1.33 bits per heavy atom. The van der Waals surface area contributed by atoms with Crippen LogP contribution in [0.1, 0.15) is 39.0 Å². The Balaban J connectivity index is 2.35. The van der Waals surface area contributed by atoms with E-state index in [1.807, 2.05) is 0 Å². The third kappa shape index (κ3) is 3.95. The first-order valence-electron chi connectivity index (χ1n) is 7.60. The quantitative estimate of drug-likeness (QED) is 0.899. The number of nitrogens with two attached hydrogens (primary N) is 1. The fourth-order valence-electron chi connectivity index (χ4n) is 3.00. The van der Waals surface area contributed by atoms with E-state index >= 15 is 0 Å². The molecule has 0 radical (unpaired) electrons. The number of hydrogen-bond donors (Lipinski definition) is 1. The van der Waals surface area contributed by atoms with Crippen molar-refractivity contribution in [3.05, 3.63) is 18.3 Å². The Morgan fingerprint density at radius 2 is 2.00 bits per heavy atom. The van der Waals surface area contributed by atoms with Crippen LogP contribution in [0.25, 0.3) is 0 Å². The minimum atomic E-state index is -3.28. The van der Waals surface area contributed by atoms with E-state index in [0.29, 0.717) is 16.8 Å². The largest absolute Gasteiger partial charge is 0.353 e. The van der Waals surface area contributed by atoms with Crippen molar-refractivity contribution in [2.45, 2.75) is 56.0 Å². The molecule has 0 spiro atoms. The summed E-state index contributed by atoms with van der Waals surface area (Å²) in [6.45, 7) is 2.92. The molecule has 0 aliphatic heterocycles. The summed E-state index contributed by atoms with van der Waals surface area (Å²) in [7, 11) is -3.28. The van der Waals surface area contributed by atoms with Crippen LogP contribution in [0, 0.1) is 0 Å². The molecule has 1 aliphatic carbocycles. The van der Waals surface area contributed by atoms with E-state index in [1.165, 1.54) is 6.26 Å². The molecule has 21 heavy (non-hydrogen) atoms. The van der Waals surface area contributed by atoms with Gasteiger partial charge in [-0.05, 0) is 44.2 Å². The fraction of sp³-hybridized carbons (Fsp3) is 0.667. The van der Waals surface area contributed by atoms with Gasteiger partial charge in [0.25, 0.3) is 0 Å². The minimum absolute atomic E-state index is 0.280. The molecule has 2 rings (SSSR count). The Labute approximate surface area is 127 Å². The van der Waals surface area contributed by atoms with E-state index in [0.717, 1.165) is 38.6 Å². The molecule has 1 heterocycles. The van der Waals surface area contributed by atoms with Crippen LogP contribution >= 0.6 is 0 Å². The normalized spacial score (nSPS) is 23.0. The highest BCUT2D eigenvalue weighted by Gasteiger charge is 2.28. The molecule has 1 aromatic heterocycles. The highest BCUT2D eigenvalue weighted by atomic mass is 32.2. The lowest BCUT2D eigenvalue weighted by molar-refractivity contribution is 0.373. The van der Waals surface area contributed by atoms with Gasteiger partial charge in [0.15, 0.2) is 9.84 Å². The maximum absolute atomic E-state index is 12.0. The summed E-state index contributed by atoms with van der Waals surface area (Å²) in [5.41, 5.74) is 5.98. The average molecular weight is 311 g/mol. The van der Waals surface area contributed by atoms with E-state index in [1.54, 1.807) is 18.3 Å². The Kier molecular flexibility index (Phi) is 5.22. The maximum atomic E-state index is 12.0.